The van der Waals surface area contributed by atoms with Gasteiger partial charge in [-0.1, -0.05) is 24.3 Å². The van der Waals surface area contributed by atoms with E-state index in [2.05, 4.69) is 12.1 Å². The van der Waals surface area contributed by atoms with Crippen LogP contribution in [-0.4, -0.2) is 23.5 Å². The van der Waals surface area contributed by atoms with E-state index in [0.29, 0.717) is 18.8 Å². The molecule has 0 radical (unpaired) electrons. The van der Waals surface area contributed by atoms with Crippen LogP contribution in [0.5, 0.6) is 5.75 Å². The van der Waals surface area contributed by atoms with Gasteiger partial charge in [0.15, 0.2) is 6.10 Å². The molecule has 1 atom stereocenters. The van der Waals surface area contributed by atoms with Gasteiger partial charge in [-0.2, -0.15) is 0 Å². The van der Waals surface area contributed by atoms with Crippen LogP contribution in [0.15, 0.2) is 48.5 Å². The molecule has 0 spiro atoms. The first-order valence-electron chi connectivity index (χ1n) is 7.41. The van der Waals surface area contributed by atoms with Crippen LogP contribution in [-0.2, 0) is 17.8 Å². The molecule has 0 bridgehead atoms. The summed E-state index contributed by atoms with van der Waals surface area (Å²) in [4.78, 5) is 14.3. The molecule has 2 aromatic rings. The maximum atomic E-state index is 12.9. The van der Waals surface area contributed by atoms with E-state index in [9.17, 15) is 9.18 Å². The van der Waals surface area contributed by atoms with Crippen LogP contribution in [0.1, 0.15) is 18.1 Å². The van der Waals surface area contributed by atoms with E-state index in [-0.39, 0.29) is 11.7 Å². The molecule has 1 heterocycles. The third-order valence-corrected chi connectivity index (χ3v) is 3.92. The summed E-state index contributed by atoms with van der Waals surface area (Å²) in [5.74, 6) is 0.137. The average Bonchev–Trinajstić information content (AvgIpc) is 2.55. The fraction of sp³-hybridized carbons (Fsp3) is 0.278. The molecule has 4 heteroatoms. The lowest BCUT2D eigenvalue weighted by atomic mass is 9.99. The fourth-order valence-electron chi connectivity index (χ4n) is 2.71. The molecule has 2 aromatic carbocycles. The van der Waals surface area contributed by atoms with E-state index in [1.54, 1.807) is 6.92 Å². The van der Waals surface area contributed by atoms with Gasteiger partial charge in [-0.15, -0.1) is 0 Å². The minimum absolute atomic E-state index is 0.0428. The average molecular weight is 299 g/mol. The number of amides is 1. The predicted molar refractivity (Wildman–Crippen MR) is 82.1 cm³/mol. The van der Waals surface area contributed by atoms with Crippen LogP contribution in [0.4, 0.5) is 4.39 Å². The van der Waals surface area contributed by atoms with Crippen molar-refractivity contribution in [3.63, 3.8) is 0 Å². The molecule has 0 saturated carbocycles. The molecule has 22 heavy (non-hydrogen) atoms. The molecular weight excluding hydrogens is 281 g/mol. The van der Waals surface area contributed by atoms with E-state index >= 15 is 0 Å². The smallest absolute Gasteiger partial charge is 0.263 e. The first-order chi connectivity index (χ1) is 10.6. The number of carbonyl (C=O) groups is 1. The van der Waals surface area contributed by atoms with E-state index < -0.39 is 6.10 Å². The summed E-state index contributed by atoms with van der Waals surface area (Å²) in [5.41, 5.74) is 2.50. The number of rotatable bonds is 3. The Morgan fingerprint density at radius 1 is 1.14 bits per heavy atom. The zero-order chi connectivity index (χ0) is 15.5. The van der Waals surface area contributed by atoms with Gasteiger partial charge < -0.3 is 9.64 Å². The van der Waals surface area contributed by atoms with Gasteiger partial charge in [-0.25, -0.2) is 4.39 Å². The largest absolute Gasteiger partial charge is 0.481 e. The molecule has 0 saturated heterocycles. The van der Waals surface area contributed by atoms with Crippen molar-refractivity contribution >= 4 is 5.91 Å². The molecule has 0 aromatic heterocycles. The molecule has 0 aliphatic carbocycles. The van der Waals surface area contributed by atoms with E-state index in [4.69, 9.17) is 4.74 Å². The number of benzene rings is 2. The van der Waals surface area contributed by atoms with Crippen LogP contribution in [0.3, 0.4) is 0 Å². The van der Waals surface area contributed by atoms with Crippen LogP contribution >= 0.6 is 0 Å². The molecular formula is C18H18FNO2. The zero-order valence-corrected chi connectivity index (χ0v) is 12.5. The van der Waals surface area contributed by atoms with Crippen molar-refractivity contribution in [1.29, 1.82) is 0 Å². The summed E-state index contributed by atoms with van der Waals surface area (Å²) in [6, 6.07) is 13.9. The Labute approximate surface area is 129 Å². The Morgan fingerprint density at radius 2 is 1.82 bits per heavy atom. The third kappa shape index (κ3) is 3.11. The monoisotopic (exact) mass is 299 g/mol. The molecule has 1 amide bonds. The van der Waals surface area contributed by atoms with Crippen LogP contribution in [0.2, 0.25) is 0 Å². The molecule has 3 nitrogen and oxygen atoms in total. The Morgan fingerprint density at radius 3 is 2.55 bits per heavy atom. The van der Waals surface area contributed by atoms with Gasteiger partial charge in [0.1, 0.15) is 11.6 Å². The second-order valence-corrected chi connectivity index (χ2v) is 5.49. The minimum atomic E-state index is -0.587. The third-order valence-electron chi connectivity index (χ3n) is 3.92. The number of nitrogens with zero attached hydrogens (tertiary/aromatic N) is 1. The second-order valence-electron chi connectivity index (χ2n) is 5.49. The summed E-state index contributed by atoms with van der Waals surface area (Å²) in [6.07, 6.45) is 0.279. The number of carbonyl (C=O) groups excluding carboxylic acids is 1. The first kappa shape index (κ1) is 14.6. The van der Waals surface area contributed by atoms with Crippen molar-refractivity contribution < 1.29 is 13.9 Å². The Kier molecular flexibility index (Phi) is 4.09. The van der Waals surface area contributed by atoms with E-state index in [1.807, 2.05) is 17.0 Å². The standard InChI is InChI=1S/C18H18FNO2/c1-13(22-17-8-6-16(19)7-9-17)18(21)20-11-10-14-4-2-3-5-15(14)12-20/h2-9,13H,10-12H2,1H3. The molecule has 0 fully saturated rings. The zero-order valence-electron chi connectivity index (χ0n) is 12.5. The summed E-state index contributed by atoms with van der Waals surface area (Å²) in [7, 11) is 0. The van der Waals surface area contributed by atoms with Crippen molar-refractivity contribution in [2.24, 2.45) is 0 Å². The summed E-state index contributed by atoms with van der Waals surface area (Å²) in [6.45, 7) is 3.05. The molecule has 0 N–H and O–H groups in total. The highest BCUT2D eigenvalue weighted by atomic mass is 19.1. The van der Waals surface area contributed by atoms with Crippen LogP contribution in [0, 0.1) is 5.82 Å². The highest BCUT2D eigenvalue weighted by Gasteiger charge is 2.25. The van der Waals surface area contributed by atoms with Crippen molar-refractivity contribution in [2.45, 2.75) is 26.0 Å². The molecule has 3 rings (SSSR count). The van der Waals surface area contributed by atoms with Gasteiger partial charge in [-0.3, -0.25) is 4.79 Å². The summed E-state index contributed by atoms with van der Waals surface area (Å²) < 4.78 is 18.5. The Hall–Kier alpha value is -2.36. The van der Waals surface area contributed by atoms with Crippen LogP contribution < -0.4 is 4.74 Å². The van der Waals surface area contributed by atoms with E-state index in [1.165, 1.54) is 35.4 Å². The van der Waals surface area contributed by atoms with Gasteiger partial charge in [0.2, 0.25) is 0 Å². The lowest BCUT2D eigenvalue weighted by Gasteiger charge is -2.31. The van der Waals surface area contributed by atoms with Gasteiger partial charge in [0.05, 0.1) is 0 Å². The van der Waals surface area contributed by atoms with Crippen molar-refractivity contribution in [2.75, 3.05) is 6.54 Å². The quantitative estimate of drug-likeness (QED) is 0.871. The number of ether oxygens (including phenoxy) is 1. The van der Waals surface area contributed by atoms with Gasteiger partial charge in [-0.05, 0) is 48.7 Å². The highest BCUT2D eigenvalue weighted by molar-refractivity contribution is 5.81. The SMILES string of the molecule is CC(Oc1ccc(F)cc1)C(=O)N1CCc2ccccc2C1. The summed E-state index contributed by atoms with van der Waals surface area (Å²) in [5, 5.41) is 0. The minimum Gasteiger partial charge on any atom is -0.481 e. The first-order valence-corrected chi connectivity index (χ1v) is 7.41. The number of hydrogen-bond acceptors (Lipinski definition) is 2. The summed E-state index contributed by atoms with van der Waals surface area (Å²) >= 11 is 0. The predicted octanol–water partition coefficient (Wildman–Crippen LogP) is 3.18. The highest BCUT2D eigenvalue weighted by Crippen LogP contribution is 2.20. The Bertz CT molecular complexity index is 669. The van der Waals surface area contributed by atoms with Crippen molar-refractivity contribution in [1.82, 2.24) is 4.90 Å². The normalized spacial score (nSPS) is 15.1. The van der Waals surface area contributed by atoms with Gasteiger partial charge >= 0.3 is 0 Å². The lowest BCUT2D eigenvalue weighted by Crippen LogP contribution is -2.43. The topological polar surface area (TPSA) is 29.5 Å². The second kappa shape index (κ2) is 6.18. The maximum Gasteiger partial charge on any atom is 0.263 e. The Balaban J connectivity index is 1.65. The van der Waals surface area contributed by atoms with Crippen molar-refractivity contribution in [3.05, 3.63) is 65.5 Å². The number of hydrogen-bond donors (Lipinski definition) is 0. The number of fused-ring (bicyclic) bond motifs is 1. The van der Waals surface area contributed by atoms with Crippen LogP contribution in [0.25, 0.3) is 0 Å². The molecule has 1 aliphatic rings. The van der Waals surface area contributed by atoms with Gasteiger partial charge in [0, 0.05) is 13.1 Å². The number of halogens is 1. The van der Waals surface area contributed by atoms with Gasteiger partial charge in [0.25, 0.3) is 5.91 Å². The fourth-order valence-corrected chi connectivity index (χ4v) is 2.71. The lowest BCUT2D eigenvalue weighted by molar-refractivity contribution is -0.138. The van der Waals surface area contributed by atoms with Crippen molar-refractivity contribution in [3.8, 4) is 5.75 Å². The molecule has 1 aliphatic heterocycles. The molecule has 1 unspecified atom stereocenters. The van der Waals surface area contributed by atoms with E-state index in [0.717, 1.165) is 6.42 Å². The maximum absolute atomic E-state index is 12.9. The molecule has 114 valence electrons.